The van der Waals surface area contributed by atoms with Crippen LogP contribution in [0.5, 0.6) is 0 Å². The summed E-state index contributed by atoms with van der Waals surface area (Å²) in [5, 5.41) is 0. The zero-order chi connectivity index (χ0) is 7.40. The zero-order valence-corrected chi connectivity index (χ0v) is 11.4. The van der Waals surface area contributed by atoms with Crippen LogP contribution in [0.25, 0.3) is 0 Å². The maximum absolute atomic E-state index is 5.20. The molecule has 0 aliphatic heterocycles. The molecular weight excluding hydrogens is 275 g/mol. The monoisotopic (exact) mass is 290 g/mol. The van der Waals surface area contributed by atoms with Crippen molar-refractivity contribution in [3.8, 4) is 0 Å². The van der Waals surface area contributed by atoms with Crippen LogP contribution in [0.2, 0.25) is 0 Å². The van der Waals surface area contributed by atoms with Gasteiger partial charge in [0.05, 0.1) is 6.26 Å². The summed E-state index contributed by atoms with van der Waals surface area (Å²) in [5.41, 5.74) is 0. The average Bonchev–Trinajstić information content (AvgIpc) is 2.43. The molecule has 1 rings (SSSR count). The predicted octanol–water partition coefficient (Wildman–Crippen LogP) is -4.83. The third kappa shape index (κ3) is 9.42. The van der Waals surface area contributed by atoms with Gasteiger partial charge in [-0.15, -0.1) is 0 Å². The van der Waals surface area contributed by atoms with E-state index in [9.17, 15) is 0 Å². The Labute approximate surface area is 118 Å². The Morgan fingerprint density at radius 1 is 1.13 bits per heavy atom. The molecule has 15 heavy (non-hydrogen) atoms. The molecule has 0 radical (unpaired) electrons. The quantitative estimate of drug-likeness (QED) is 0.406. The number of halogens is 2. The first kappa shape index (κ1) is 29.6. The van der Waals surface area contributed by atoms with E-state index >= 15 is 0 Å². The van der Waals surface area contributed by atoms with E-state index in [-0.39, 0.29) is 57.5 Å². The van der Waals surface area contributed by atoms with Crippen LogP contribution in [0.3, 0.4) is 0 Å². The van der Waals surface area contributed by atoms with E-state index in [1.807, 2.05) is 12.1 Å². The third-order valence-corrected chi connectivity index (χ3v) is 1.64. The van der Waals surface area contributed by atoms with Crippen LogP contribution in [0, 0.1) is 13.8 Å². The van der Waals surface area contributed by atoms with E-state index in [2.05, 4.69) is 13.8 Å². The second-order valence-corrected chi connectivity index (χ2v) is 2.29. The Bertz CT molecular complexity index is 179. The molecule has 0 fully saturated rings. The van der Waals surface area contributed by atoms with E-state index in [1.165, 1.54) is 0 Å². The van der Waals surface area contributed by atoms with Crippen LogP contribution in [0.4, 0.5) is 0 Å². The minimum absolute atomic E-state index is 0. The van der Waals surface area contributed by atoms with Crippen LogP contribution >= 0.6 is 0 Å². The fraction of sp³-hybridized carbons (Fsp3) is 0.333. The molecule has 0 aromatic carbocycles. The van der Waals surface area contributed by atoms with Gasteiger partial charge in [0.2, 0.25) is 0 Å². The number of furan rings is 1. The van der Waals surface area contributed by atoms with E-state index < -0.39 is 0 Å². The molecule has 4 N–H and O–H groups in total. The maximum Gasteiger partial charge on any atom is 4.00 e. The second-order valence-electron chi connectivity index (χ2n) is 2.29. The molecule has 3 nitrogen and oxygen atoms in total. The van der Waals surface area contributed by atoms with Gasteiger partial charge in [0.15, 0.2) is 0 Å². The van der Waals surface area contributed by atoms with Crippen molar-refractivity contribution in [3.63, 3.8) is 0 Å². The molecule has 6 heteroatoms. The van der Waals surface area contributed by atoms with Crippen molar-refractivity contribution in [2.24, 2.45) is 0 Å². The molecule has 1 heterocycles. The molecule has 0 bridgehead atoms. The topological polar surface area (TPSA) is 76.1 Å². The molecule has 1 aromatic heterocycles. The zero-order valence-electron chi connectivity index (χ0n) is 8.30. The number of rotatable bonds is 3. The first-order valence-electron chi connectivity index (χ1n) is 3.50. The fourth-order valence-electron chi connectivity index (χ4n) is 0.952. The third-order valence-electron chi connectivity index (χ3n) is 1.64. The van der Waals surface area contributed by atoms with Gasteiger partial charge in [-0.3, -0.25) is 0 Å². The number of hydrogen-bond acceptors (Lipinski definition) is 1. The standard InChI is InChI=1S/C9H12O.2ClH.2H2O.Ti/c1-3-8(4-2)9-6-5-7-10-9;;;;;/h5-8H,1-4H2;2*1H;2*1H2;/q-2;;;;;+4/p-2. The van der Waals surface area contributed by atoms with Crippen molar-refractivity contribution >= 4 is 0 Å². The molecule has 0 atom stereocenters. The summed E-state index contributed by atoms with van der Waals surface area (Å²) in [5.74, 6) is 1.40. The van der Waals surface area contributed by atoms with E-state index in [1.54, 1.807) is 6.26 Å². The Kier molecular flexibility index (Phi) is 33.3. The summed E-state index contributed by atoms with van der Waals surface area (Å²) >= 11 is 0. The first-order valence-corrected chi connectivity index (χ1v) is 3.50. The van der Waals surface area contributed by atoms with Crippen molar-refractivity contribution in [2.45, 2.75) is 18.8 Å². The minimum atomic E-state index is 0. The average molecular weight is 291 g/mol. The van der Waals surface area contributed by atoms with Gasteiger partial charge >= 0.3 is 21.7 Å². The van der Waals surface area contributed by atoms with Crippen LogP contribution < -0.4 is 24.8 Å². The van der Waals surface area contributed by atoms with Crippen molar-refractivity contribution in [2.75, 3.05) is 0 Å². The fourth-order valence-corrected chi connectivity index (χ4v) is 0.952. The van der Waals surface area contributed by atoms with Crippen molar-refractivity contribution in [1.29, 1.82) is 0 Å². The van der Waals surface area contributed by atoms with Crippen LogP contribution in [0.15, 0.2) is 22.8 Å². The number of hydrogen-bond donors (Lipinski definition) is 0. The summed E-state index contributed by atoms with van der Waals surface area (Å²) in [6, 6.07) is 3.87. The molecule has 0 aliphatic carbocycles. The normalized spacial score (nSPS) is 7.13. The largest absolute Gasteiger partial charge is 4.00 e. The summed E-state index contributed by atoms with van der Waals surface area (Å²) in [6.45, 7) is 7.63. The predicted molar refractivity (Wildman–Crippen MR) is 48.6 cm³/mol. The van der Waals surface area contributed by atoms with E-state index in [4.69, 9.17) is 4.42 Å². The molecule has 1 aromatic rings. The smallest absolute Gasteiger partial charge is 1.00 e. The minimum Gasteiger partial charge on any atom is -1.00 e. The second kappa shape index (κ2) is 16.9. The van der Waals surface area contributed by atoms with Gasteiger partial charge < -0.3 is 54.0 Å². The van der Waals surface area contributed by atoms with Crippen LogP contribution in [0.1, 0.15) is 24.5 Å². The summed E-state index contributed by atoms with van der Waals surface area (Å²) in [6.07, 6.45) is 3.40. The SMILES string of the molecule is O.O.[CH2-]CC(C[CH2-])c1ccco1.[Cl-].[Cl-].[Ti+4]. The van der Waals surface area contributed by atoms with Gasteiger partial charge in [-0.1, -0.05) is 0 Å². The van der Waals surface area contributed by atoms with E-state index in [0.717, 1.165) is 18.6 Å². The summed E-state index contributed by atoms with van der Waals surface area (Å²) in [4.78, 5) is 0. The molecule has 0 amide bonds. The molecule has 0 spiro atoms. The van der Waals surface area contributed by atoms with Crippen molar-refractivity contribution in [1.82, 2.24) is 0 Å². The summed E-state index contributed by atoms with van der Waals surface area (Å²) in [7, 11) is 0. The molecule has 0 saturated carbocycles. The van der Waals surface area contributed by atoms with Gasteiger partial charge in [0.1, 0.15) is 5.76 Å². The Hall–Kier alpha value is 0.494. The summed E-state index contributed by atoms with van der Waals surface area (Å²) < 4.78 is 5.20. The van der Waals surface area contributed by atoms with Crippen LogP contribution in [-0.2, 0) is 21.7 Å². The van der Waals surface area contributed by atoms with Crippen LogP contribution in [-0.4, -0.2) is 11.0 Å². The van der Waals surface area contributed by atoms with Gasteiger partial charge in [0.25, 0.3) is 0 Å². The Balaban J connectivity index is -0.0000000667. The van der Waals surface area contributed by atoms with Gasteiger partial charge in [0, 0.05) is 0 Å². The van der Waals surface area contributed by atoms with Gasteiger partial charge in [-0.05, 0) is 18.1 Å². The first-order chi connectivity index (χ1) is 4.88. The molecule has 88 valence electrons. The molecule has 0 aliphatic rings. The van der Waals surface area contributed by atoms with Crippen molar-refractivity contribution < 1.29 is 61.9 Å². The molecule has 0 unspecified atom stereocenters. The van der Waals surface area contributed by atoms with Gasteiger partial charge in [-0.25, -0.2) is 0 Å². The maximum atomic E-state index is 5.20. The molecular formula is C9H16Cl2O3Ti. The Morgan fingerprint density at radius 3 is 1.87 bits per heavy atom. The molecule has 0 saturated heterocycles. The Morgan fingerprint density at radius 2 is 1.60 bits per heavy atom. The van der Waals surface area contributed by atoms with Crippen molar-refractivity contribution in [3.05, 3.63) is 38.0 Å². The van der Waals surface area contributed by atoms with Gasteiger partial charge in [-0.2, -0.15) is 12.8 Å². The van der Waals surface area contributed by atoms with E-state index in [0.29, 0.717) is 5.92 Å².